The summed E-state index contributed by atoms with van der Waals surface area (Å²) in [6.07, 6.45) is 0. The molecule has 0 bridgehead atoms. The van der Waals surface area contributed by atoms with Crippen molar-refractivity contribution in [3.05, 3.63) is 69.0 Å². The van der Waals surface area contributed by atoms with E-state index in [9.17, 15) is 19.3 Å². The molecule has 0 saturated heterocycles. The molecule has 0 aliphatic carbocycles. The molecule has 7 heteroatoms. The van der Waals surface area contributed by atoms with Crippen molar-refractivity contribution >= 4 is 17.3 Å². The molecule has 1 atom stereocenters. The van der Waals surface area contributed by atoms with Crippen molar-refractivity contribution < 1.29 is 14.1 Å². The summed E-state index contributed by atoms with van der Waals surface area (Å²) in [5.41, 5.74) is 2.48. The number of aryl methyl sites for hydroxylation is 1. The zero-order valence-corrected chi connectivity index (χ0v) is 15.9. The Morgan fingerprint density at radius 3 is 2.33 bits per heavy atom. The summed E-state index contributed by atoms with van der Waals surface area (Å²) in [4.78, 5) is 23.1. The van der Waals surface area contributed by atoms with Crippen molar-refractivity contribution in [3.63, 3.8) is 0 Å². The summed E-state index contributed by atoms with van der Waals surface area (Å²) in [5, 5.41) is 17.0. The minimum Gasteiger partial charge on any atom is -0.319 e. The molecule has 2 N–H and O–H groups in total. The van der Waals surface area contributed by atoms with Gasteiger partial charge in [-0.1, -0.05) is 32.0 Å². The van der Waals surface area contributed by atoms with E-state index in [0.29, 0.717) is 5.56 Å². The molecular formula is C20H24FN3O3. The lowest BCUT2D eigenvalue weighted by atomic mass is 9.96. The fourth-order valence-electron chi connectivity index (χ4n) is 2.91. The normalized spacial score (nSPS) is 12.1. The van der Waals surface area contributed by atoms with Gasteiger partial charge in [0.25, 0.3) is 5.69 Å². The number of benzene rings is 2. The standard InChI is InChI=1S/C20H24FN3O3/c1-12(2)19(15-6-8-16(21)9-7-15)22-11-18(25)23-20-14(4)13(3)5-10-17(20)24(26)27/h5-10,12,19,22H,11H2,1-4H3,(H,23,25)/t19-/m1/s1. The molecule has 27 heavy (non-hydrogen) atoms. The fraction of sp³-hybridized carbons (Fsp3) is 0.350. The number of amides is 1. The van der Waals surface area contributed by atoms with Gasteiger partial charge in [-0.2, -0.15) is 0 Å². The number of anilines is 1. The second-order valence-corrected chi connectivity index (χ2v) is 6.86. The quantitative estimate of drug-likeness (QED) is 0.560. The molecule has 0 aliphatic rings. The first-order chi connectivity index (χ1) is 12.7. The third kappa shape index (κ3) is 5.10. The maximum atomic E-state index is 13.1. The fourth-order valence-corrected chi connectivity index (χ4v) is 2.91. The van der Waals surface area contributed by atoms with E-state index in [1.807, 2.05) is 20.8 Å². The van der Waals surface area contributed by atoms with Crippen LogP contribution in [0.2, 0.25) is 0 Å². The monoisotopic (exact) mass is 373 g/mol. The van der Waals surface area contributed by atoms with E-state index in [2.05, 4.69) is 10.6 Å². The Labute approximate surface area is 157 Å². The highest BCUT2D eigenvalue weighted by Gasteiger charge is 2.21. The van der Waals surface area contributed by atoms with Gasteiger partial charge in [-0.05, 0) is 48.6 Å². The molecule has 0 unspecified atom stereocenters. The highest BCUT2D eigenvalue weighted by molar-refractivity contribution is 5.95. The van der Waals surface area contributed by atoms with Crippen LogP contribution in [0.15, 0.2) is 36.4 Å². The van der Waals surface area contributed by atoms with Crippen molar-refractivity contribution in [2.45, 2.75) is 33.7 Å². The van der Waals surface area contributed by atoms with Gasteiger partial charge in [0.05, 0.1) is 11.5 Å². The summed E-state index contributed by atoms with van der Waals surface area (Å²) >= 11 is 0. The predicted molar refractivity (Wildman–Crippen MR) is 103 cm³/mol. The largest absolute Gasteiger partial charge is 0.319 e. The predicted octanol–water partition coefficient (Wildman–Crippen LogP) is 4.28. The van der Waals surface area contributed by atoms with Crippen LogP contribution in [0, 0.1) is 35.7 Å². The van der Waals surface area contributed by atoms with Gasteiger partial charge in [-0.25, -0.2) is 4.39 Å². The molecule has 0 spiro atoms. The molecule has 0 aliphatic heterocycles. The number of nitrogens with zero attached hydrogens (tertiary/aromatic N) is 1. The third-order valence-electron chi connectivity index (χ3n) is 4.55. The molecule has 0 saturated carbocycles. The second-order valence-electron chi connectivity index (χ2n) is 6.86. The Balaban J connectivity index is 2.12. The number of carbonyl (C=O) groups is 1. The SMILES string of the molecule is Cc1ccc([N+](=O)[O-])c(NC(=O)CN[C@@H](c2ccc(F)cc2)C(C)C)c1C. The number of nitro benzene ring substituents is 1. The maximum absolute atomic E-state index is 13.1. The third-order valence-corrected chi connectivity index (χ3v) is 4.55. The zero-order valence-electron chi connectivity index (χ0n) is 15.9. The van der Waals surface area contributed by atoms with Gasteiger partial charge in [-0.15, -0.1) is 0 Å². The van der Waals surface area contributed by atoms with Crippen molar-refractivity contribution in [2.75, 3.05) is 11.9 Å². The number of halogens is 1. The first-order valence-electron chi connectivity index (χ1n) is 8.74. The van der Waals surface area contributed by atoms with E-state index in [1.165, 1.54) is 18.2 Å². The smallest absolute Gasteiger partial charge is 0.293 e. The van der Waals surface area contributed by atoms with E-state index in [0.717, 1.165) is 11.1 Å². The number of hydrogen-bond donors (Lipinski definition) is 2. The van der Waals surface area contributed by atoms with Gasteiger partial charge in [-0.3, -0.25) is 14.9 Å². The van der Waals surface area contributed by atoms with Crippen LogP contribution in [-0.2, 0) is 4.79 Å². The van der Waals surface area contributed by atoms with Crippen LogP contribution in [0.25, 0.3) is 0 Å². The van der Waals surface area contributed by atoms with Crippen LogP contribution in [0.5, 0.6) is 0 Å². The first kappa shape index (κ1) is 20.5. The van der Waals surface area contributed by atoms with Crippen LogP contribution in [-0.4, -0.2) is 17.4 Å². The summed E-state index contributed by atoms with van der Waals surface area (Å²) in [5.74, 6) is -0.529. The molecule has 0 fully saturated rings. The number of nitrogens with one attached hydrogen (secondary N) is 2. The number of nitro groups is 1. The zero-order chi connectivity index (χ0) is 20.1. The topological polar surface area (TPSA) is 84.3 Å². The number of rotatable bonds is 7. The lowest BCUT2D eigenvalue weighted by molar-refractivity contribution is -0.384. The first-order valence-corrected chi connectivity index (χ1v) is 8.74. The van der Waals surface area contributed by atoms with Gasteiger partial charge >= 0.3 is 0 Å². The summed E-state index contributed by atoms with van der Waals surface area (Å²) < 4.78 is 13.1. The average molecular weight is 373 g/mol. The minimum atomic E-state index is -0.509. The van der Waals surface area contributed by atoms with Crippen molar-refractivity contribution in [1.29, 1.82) is 0 Å². The Morgan fingerprint density at radius 2 is 1.78 bits per heavy atom. The maximum Gasteiger partial charge on any atom is 0.293 e. The van der Waals surface area contributed by atoms with E-state index in [1.54, 1.807) is 25.1 Å². The van der Waals surface area contributed by atoms with Crippen molar-refractivity contribution in [2.24, 2.45) is 5.92 Å². The van der Waals surface area contributed by atoms with Gasteiger partial charge in [0, 0.05) is 12.1 Å². The molecule has 2 aromatic rings. The highest BCUT2D eigenvalue weighted by Crippen LogP contribution is 2.30. The van der Waals surface area contributed by atoms with E-state index in [-0.39, 0.29) is 41.6 Å². The molecule has 144 valence electrons. The van der Waals surface area contributed by atoms with Crippen LogP contribution >= 0.6 is 0 Å². The Kier molecular flexibility index (Phi) is 6.63. The summed E-state index contributed by atoms with van der Waals surface area (Å²) in [7, 11) is 0. The van der Waals surface area contributed by atoms with Crippen LogP contribution < -0.4 is 10.6 Å². The Bertz CT molecular complexity index is 835. The van der Waals surface area contributed by atoms with Gasteiger partial charge < -0.3 is 10.6 Å². The molecule has 2 rings (SSSR count). The summed E-state index contributed by atoms with van der Waals surface area (Å²) in [6, 6.07) is 9.02. The molecule has 2 aromatic carbocycles. The van der Waals surface area contributed by atoms with E-state index >= 15 is 0 Å². The molecule has 0 radical (unpaired) electrons. The lowest BCUT2D eigenvalue weighted by Gasteiger charge is -2.23. The van der Waals surface area contributed by atoms with Gasteiger partial charge in [0.2, 0.25) is 5.91 Å². The van der Waals surface area contributed by atoms with Gasteiger partial charge in [0.1, 0.15) is 11.5 Å². The van der Waals surface area contributed by atoms with Crippen LogP contribution in [0.3, 0.4) is 0 Å². The molecule has 0 aromatic heterocycles. The molecule has 0 heterocycles. The van der Waals surface area contributed by atoms with Crippen LogP contribution in [0.1, 0.15) is 36.6 Å². The van der Waals surface area contributed by atoms with E-state index in [4.69, 9.17) is 0 Å². The Hall–Kier alpha value is -2.80. The number of carbonyl (C=O) groups excluding carboxylic acids is 1. The number of hydrogen-bond acceptors (Lipinski definition) is 4. The summed E-state index contributed by atoms with van der Waals surface area (Å²) in [6.45, 7) is 7.53. The van der Waals surface area contributed by atoms with Crippen molar-refractivity contribution in [1.82, 2.24) is 5.32 Å². The minimum absolute atomic E-state index is 0.0231. The molecule has 1 amide bonds. The Morgan fingerprint density at radius 1 is 1.15 bits per heavy atom. The molecular weight excluding hydrogens is 349 g/mol. The second kappa shape index (κ2) is 8.73. The van der Waals surface area contributed by atoms with Gasteiger partial charge in [0.15, 0.2) is 0 Å². The highest BCUT2D eigenvalue weighted by atomic mass is 19.1. The molecule has 6 nitrogen and oxygen atoms in total. The van der Waals surface area contributed by atoms with E-state index < -0.39 is 4.92 Å². The lowest BCUT2D eigenvalue weighted by Crippen LogP contribution is -2.34. The average Bonchev–Trinajstić information content (AvgIpc) is 2.60. The van der Waals surface area contributed by atoms with Crippen LogP contribution in [0.4, 0.5) is 15.8 Å². The van der Waals surface area contributed by atoms with Crippen molar-refractivity contribution in [3.8, 4) is 0 Å².